The molecule has 0 radical (unpaired) electrons. The number of ether oxygens (including phenoxy) is 2. The van der Waals surface area contributed by atoms with Gasteiger partial charge in [0, 0.05) is 49.1 Å². The number of nitrogens with one attached hydrogen (secondary N) is 1. The highest BCUT2D eigenvalue weighted by atomic mass is 16.5. The predicted molar refractivity (Wildman–Crippen MR) is 161 cm³/mol. The van der Waals surface area contributed by atoms with Gasteiger partial charge in [-0.1, -0.05) is 12.1 Å². The number of amides is 1. The lowest BCUT2D eigenvalue weighted by Crippen LogP contribution is -2.60. The molecule has 0 unspecified atom stereocenters. The van der Waals surface area contributed by atoms with E-state index in [4.69, 9.17) is 14.5 Å². The minimum atomic E-state index is -0.157. The number of rotatable bonds is 7. The minimum absolute atomic E-state index is 0.0206. The van der Waals surface area contributed by atoms with Crippen LogP contribution in [0.2, 0.25) is 0 Å². The molecule has 8 rings (SSSR count). The fourth-order valence-corrected chi connectivity index (χ4v) is 7.24. The van der Waals surface area contributed by atoms with Gasteiger partial charge < -0.3 is 29.5 Å². The van der Waals surface area contributed by atoms with Gasteiger partial charge in [0.2, 0.25) is 11.8 Å². The van der Waals surface area contributed by atoms with Crippen LogP contribution in [0, 0.1) is 5.41 Å². The van der Waals surface area contributed by atoms with Crippen molar-refractivity contribution in [3.63, 3.8) is 0 Å². The zero-order valence-electron chi connectivity index (χ0n) is 24.7. The molecular formula is C33H38N6O3. The summed E-state index contributed by atoms with van der Waals surface area (Å²) in [4.78, 5) is 29.5. The zero-order valence-corrected chi connectivity index (χ0v) is 24.7. The first-order chi connectivity index (χ1) is 20.4. The van der Waals surface area contributed by atoms with E-state index in [1.807, 2.05) is 36.3 Å². The lowest BCUT2D eigenvalue weighted by molar-refractivity contribution is 0.0753. The van der Waals surface area contributed by atoms with Crippen molar-refractivity contribution in [3.05, 3.63) is 59.3 Å². The number of anilines is 3. The van der Waals surface area contributed by atoms with Gasteiger partial charge in [-0.25, -0.2) is 4.98 Å². The summed E-state index contributed by atoms with van der Waals surface area (Å²) in [5, 5.41) is 3.36. The van der Waals surface area contributed by atoms with E-state index in [-0.39, 0.29) is 11.4 Å². The van der Waals surface area contributed by atoms with Gasteiger partial charge in [0.1, 0.15) is 11.5 Å². The molecule has 2 saturated heterocycles. The Kier molecular flexibility index (Phi) is 5.74. The van der Waals surface area contributed by atoms with Crippen LogP contribution in [0.1, 0.15) is 65.9 Å². The molecule has 2 aliphatic carbocycles. The second-order valence-corrected chi connectivity index (χ2v) is 13.1. The SMILES string of the molecule is COc1cc(N2CC3(CCN(C)CC3)C2)ccc1Nc1ncc(C2CC2)c(Oc2cccc3c2C(=O)N(C)C32CC2)n1. The Morgan fingerprint density at radius 3 is 2.50 bits per heavy atom. The van der Waals surface area contributed by atoms with Gasteiger partial charge in [-0.05, 0) is 88.3 Å². The molecule has 9 nitrogen and oxygen atoms in total. The molecule has 1 amide bonds. The number of nitrogens with zero attached hydrogens (tertiary/aromatic N) is 5. The number of piperidine rings is 1. The highest BCUT2D eigenvalue weighted by Gasteiger charge is 2.57. The van der Waals surface area contributed by atoms with Crippen LogP contribution in [0.4, 0.5) is 17.3 Å². The molecule has 2 aromatic carbocycles. The summed E-state index contributed by atoms with van der Waals surface area (Å²) in [6, 6.07) is 12.2. The molecule has 1 aromatic heterocycles. The summed E-state index contributed by atoms with van der Waals surface area (Å²) >= 11 is 0. The molecule has 4 heterocycles. The third-order valence-electron chi connectivity index (χ3n) is 10.3. The van der Waals surface area contributed by atoms with Gasteiger partial charge in [0.15, 0.2) is 0 Å². The van der Waals surface area contributed by atoms with Crippen molar-refractivity contribution < 1.29 is 14.3 Å². The molecule has 0 atom stereocenters. The first kappa shape index (κ1) is 25.8. The molecule has 9 heteroatoms. The van der Waals surface area contributed by atoms with Gasteiger partial charge in [0.05, 0.1) is 23.9 Å². The Labute approximate surface area is 246 Å². The van der Waals surface area contributed by atoms with Crippen LogP contribution in [-0.2, 0) is 5.54 Å². The number of hydrogen-bond acceptors (Lipinski definition) is 8. The van der Waals surface area contributed by atoms with Crippen molar-refractivity contribution in [2.75, 3.05) is 57.6 Å². The van der Waals surface area contributed by atoms with E-state index in [2.05, 4.69) is 45.3 Å². The lowest BCUT2D eigenvalue weighted by Gasteiger charge is -2.54. The number of methoxy groups -OCH3 is 1. The molecule has 1 N–H and O–H groups in total. The third kappa shape index (κ3) is 4.12. The van der Waals surface area contributed by atoms with Gasteiger partial charge in [-0.3, -0.25) is 4.79 Å². The molecule has 2 spiro atoms. The molecule has 5 aliphatic rings. The number of likely N-dealkylation sites (tertiary alicyclic amines) is 1. The number of benzene rings is 2. The van der Waals surface area contributed by atoms with Gasteiger partial charge in [-0.15, -0.1) is 0 Å². The van der Waals surface area contributed by atoms with Crippen molar-refractivity contribution in [2.45, 2.75) is 50.0 Å². The van der Waals surface area contributed by atoms with Crippen LogP contribution in [0.25, 0.3) is 0 Å². The molecular weight excluding hydrogens is 528 g/mol. The van der Waals surface area contributed by atoms with Crippen molar-refractivity contribution in [1.29, 1.82) is 0 Å². The standard InChI is InChI=1S/C33H38N6O3/c1-37-15-13-32(14-16-37)19-39(20-32)22-9-10-25(27(17-22)41-3)35-31-34-18-23(21-7-8-21)29(36-31)42-26-6-4-5-24-28(26)30(40)38(2)33(24)11-12-33/h4-6,9-10,17-18,21H,7-8,11-16,19-20H2,1-3H3,(H,34,35,36). The summed E-state index contributed by atoms with van der Waals surface area (Å²) in [6.45, 7) is 4.58. The van der Waals surface area contributed by atoms with E-state index in [9.17, 15) is 4.79 Å². The minimum Gasteiger partial charge on any atom is -0.494 e. The quantitative estimate of drug-likeness (QED) is 0.401. The molecule has 2 saturated carbocycles. The zero-order chi connectivity index (χ0) is 28.6. The first-order valence-corrected chi connectivity index (χ1v) is 15.2. The van der Waals surface area contributed by atoms with Gasteiger partial charge >= 0.3 is 0 Å². The summed E-state index contributed by atoms with van der Waals surface area (Å²) in [5.74, 6) is 2.67. The Morgan fingerprint density at radius 1 is 1.00 bits per heavy atom. The first-order valence-electron chi connectivity index (χ1n) is 15.2. The lowest BCUT2D eigenvalue weighted by atomic mass is 9.72. The smallest absolute Gasteiger partial charge is 0.258 e. The van der Waals surface area contributed by atoms with E-state index in [1.165, 1.54) is 31.6 Å². The number of carbonyl (C=O) groups excluding carboxylic acids is 1. The molecule has 3 aromatic rings. The summed E-state index contributed by atoms with van der Waals surface area (Å²) in [6.07, 6.45) is 8.58. The Bertz CT molecular complexity index is 1570. The van der Waals surface area contributed by atoms with Crippen LogP contribution in [-0.4, -0.2) is 73.1 Å². The van der Waals surface area contributed by atoms with E-state index in [0.717, 1.165) is 61.3 Å². The molecule has 0 bridgehead atoms. The second kappa shape index (κ2) is 9.33. The van der Waals surface area contributed by atoms with Crippen molar-refractivity contribution in [3.8, 4) is 17.4 Å². The van der Waals surface area contributed by atoms with E-state index < -0.39 is 0 Å². The summed E-state index contributed by atoms with van der Waals surface area (Å²) in [7, 11) is 5.81. The number of carbonyl (C=O) groups is 1. The monoisotopic (exact) mass is 566 g/mol. The summed E-state index contributed by atoms with van der Waals surface area (Å²) in [5.41, 5.74) is 5.00. The average molecular weight is 567 g/mol. The molecule has 218 valence electrons. The van der Waals surface area contributed by atoms with Crippen LogP contribution < -0.4 is 19.7 Å². The van der Waals surface area contributed by atoms with Crippen LogP contribution in [0.15, 0.2) is 42.6 Å². The van der Waals surface area contributed by atoms with Crippen LogP contribution in [0.5, 0.6) is 17.4 Å². The fraction of sp³-hybridized carbons (Fsp3) is 0.485. The maximum absolute atomic E-state index is 13.3. The highest BCUT2D eigenvalue weighted by Crippen LogP contribution is 2.57. The third-order valence-corrected chi connectivity index (χ3v) is 10.3. The normalized spacial score (nSPS) is 21.8. The van der Waals surface area contributed by atoms with E-state index in [1.54, 1.807) is 7.11 Å². The number of aromatic nitrogens is 2. The maximum Gasteiger partial charge on any atom is 0.258 e. The fourth-order valence-electron chi connectivity index (χ4n) is 7.24. The predicted octanol–water partition coefficient (Wildman–Crippen LogP) is 5.51. The summed E-state index contributed by atoms with van der Waals surface area (Å²) < 4.78 is 12.3. The van der Waals surface area contributed by atoms with Crippen LogP contribution >= 0.6 is 0 Å². The Morgan fingerprint density at radius 2 is 1.79 bits per heavy atom. The molecule has 4 fully saturated rings. The largest absolute Gasteiger partial charge is 0.494 e. The Balaban J connectivity index is 1.04. The average Bonchev–Trinajstić information content (AvgIpc) is 3.91. The number of hydrogen-bond donors (Lipinski definition) is 1. The van der Waals surface area contributed by atoms with Gasteiger partial charge in [-0.2, -0.15) is 4.98 Å². The highest BCUT2D eigenvalue weighted by molar-refractivity contribution is 6.03. The maximum atomic E-state index is 13.3. The van der Waals surface area contributed by atoms with Gasteiger partial charge in [0.25, 0.3) is 5.91 Å². The second-order valence-electron chi connectivity index (χ2n) is 13.1. The van der Waals surface area contributed by atoms with E-state index >= 15 is 0 Å². The van der Waals surface area contributed by atoms with Crippen LogP contribution in [0.3, 0.4) is 0 Å². The van der Waals surface area contributed by atoms with Crippen molar-refractivity contribution >= 4 is 23.2 Å². The topological polar surface area (TPSA) is 83.1 Å². The Hall–Kier alpha value is -3.85. The molecule has 42 heavy (non-hydrogen) atoms. The van der Waals surface area contributed by atoms with E-state index in [0.29, 0.717) is 34.5 Å². The van der Waals surface area contributed by atoms with Crippen molar-refractivity contribution in [2.24, 2.45) is 5.41 Å². The molecule has 3 aliphatic heterocycles. The van der Waals surface area contributed by atoms with Crippen molar-refractivity contribution in [1.82, 2.24) is 19.8 Å². The number of fused-ring (bicyclic) bond motifs is 2.